The van der Waals surface area contributed by atoms with Gasteiger partial charge in [0.2, 0.25) is 0 Å². The van der Waals surface area contributed by atoms with Crippen LogP contribution in [0.5, 0.6) is 0 Å². The van der Waals surface area contributed by atoms with Gasteiger partial charge in [0.15, 0.2) is 0 Å². The maximum Gasteiger partial charge on any atom is 0.0706 e. The molecule has 0 atom stereocenters. The molecule has 2 aromatic carbocycles. The average molecular weight is 283 g/mol. The van der Waals surface area contributed by atoms with Crippen LogP contribution in [0.3, 0.4) is 0 Å². The van der Waals surface area contributed by atoms with Gasteiger partial charge in [0.25, 0.3) is 0 Å². The number of benzene rings is 2. The number of fused-ring (bicyclic) bond motifs is 1. The van der Waals surface area contributed by atoms with Crippen molar-refractivity contribution in [3.05, 3.63) is 70.9 Å². The number of rotatable bonds is 3. The largest absolute Gasteiger partial charge is 0.379 e. The molecule has 0 bridgehead atoms. The molecule has 0 fully saturated rings. The van der Waals surface area contributed by atoms with Crippen molar-refractivity contribution in [2.24, 2.45) is 0 Å². The fraction of sp³-hybridized carbons (Fsp3) is 0.118. The first kappa shape index (κ1) is 12.9. The summed E-state index contributed by atoms with van der Waals surface area (Å²) in [5.41, 5.74) is 4.26. The second kappa shape index (κ2) is 5.51. The Labute approximate surface area is 123 Å². The summed E-state index contributed by atoms with van der Waals surface area (Å²) in [6.45, 7) is 2.75. The van der Waals surface area contributed by atoms with E-state index in [0.29, 0.717) is 6.54 Å². The summed E-state index contributed by atoms with van der Waals surface area (Å²) in [6, 6.07) is 18.1. The highest BCUT2D eigenvalue weighted by molar-refractivity contribution is 6.30. The fourth-order valence-corrected chi connectivity index (χ4v) is 2.35. The quantitative estimate of drug-likeness (QED) is 0.746. The topological polar surface area (TPSA) is 24.9 Å². The van der Waals surface area contributed by atoms with E-state index in [1.54, 1.807) is 0 Å². The Morgan fingerprint density at radius 3 is 2.80 bits per heavy atom. The summed E-state index contributed by atoms with van der Waals surface area (Å²) in [5.74, 6) is 0. The third kappa shape index (κ3) is 2.75. The highest BCUT2D eigenvalue weighted by Gasteiger charge is 2.01. The first-order chi connectivity index (χ1) is 9.72. The van der Waals surface area contributed by atoms with E-state index in [-0.39, 0.29) is 0 Å². The zero-order valence-electron chi connectivity index (χ0n) is 11.2. The number of nitrogens with one attached hydrogen (secondary N) is 1. The highest BCUT2D eigenvalue weighted by atomic mass is 35.5. The Bertz CT molecular complexity index is 753. The zero-order chi connectivity index (χ0) is 13.9. The second-order valence-corrected chi connectivity index (χ2v) is 5.24. The van der Waals surface area contributed by atoms with Crippen molar-refractivity contribution in [2.75, 3.05) is 5.32 Å². The molecule has 0 amide bonds. The van der Waals surface area contributed by atoms with Gasteiger partial charge in [-0.3, -0.25) is 4.98 Å². The van der Waals surface area contributed by atoms with Crippen molar-refractivity contribution < 1.29 is 0 Å². The van der Waals surface area contributed by atoms with Crippen molar-refractivity contribution in [3.8, 4) is 0 Å². The van der Waals surface area contributed by atoms with Crippen LogP contribution in [0.1, 0.15) is 11.3 Å². The van der Waals surface area contributed by atoms with E-state index in [4.69, 9.17) is 11.6 Å². The molecule has 0 aliphatic carbocycles. The Hall–Kier alpha value is -2.06. The molecule has 0 saturated carbocycles. The summed E-state index contributed by atoms with van der Waals surface area (Å²) in [4.78, 5) is 4.65. The Morgan fingerprint density at radius 2 is 1.90 bits per heavy atom. The molecule has 0 aliphatic heterocycles. The van der Waals surface area contributed by atoms with E-state index in [9.17, 15) is 0 Å². The van der Waals surface area contributed by atoms with Gasteiger partial charge in [-0.1, -0.05) is 41.9 Å². The summed E-state index contributed by atoms with van der Waals surface area (Å²) in [7, 11) is 0. The first-order valence-corrected chi connectivity index (χ1v) is 6.95. The van der Waals surface area contributed by atoms with Gasteiger partial charge in [0.05, 0.1) is 17.8 Å². The third-order valence-electron chi connectivity index (χ3n) is 3.32. The lowest BCUT2D eigenvalue weighted by Gasteiger charge is -2.10. The summed E-state index contributed by atoms with van der Waals surface area (Å²) in [6.07, 6.45) is 0. The fourth-order valence-electron chi connectivity index (χ4n) is 2.18. The molecule has 0 radical (unpaired) electrons. The van der Waals surface area contributed by atoms with Gasteiger partial charge in [0, 0.05) is 16.1 Å². The van der Waals surface area contributed by atoms with Crippen LogP contribution in [0, 0.1) is 6.92 Å². The van der Waals surface area contributed by atoms with Crippen LogP contribution in [0.15, 0.2) is 54.6 Å². The molecular weight excluding hydrogens is 268 g/mol. The molecule has 100 valence electrons. The maximum absolute atomic E-state index is 6.02. The smallest absolute Gasteiger partial charge is 0.0706 e. The van der Waals surface area contributed by atoms with Gasteiger partial charge in [-0.15, -0.1) is 0 Å². The lowest BCUT2D eigenvalue weighted by Crippen LogP contribution is -2.03. The summed E-state index contributed by atoms with van der Waals surface area (Å²) < 4.78 is 0. The average Bonchev–Trinajstić information content (AvgIpc) is 2.48. The zero-order valence-corrected chi connectivity index (χ0v) is 12.0. The van der Waals surface area contributed by atoms with Crippen molar-refractivity contribution >= 4 is 28.2 Å². The molecule has 0 unspecified atom stereocenters. The Balaban J connectivity index is 1.81. The van der Waals surface area contributed by atoms with E-state index >= 15 is 0 Å². The molecule has 20 heavy (non-hydrogen) atoms. The van der Waals surface area contributed by atoms with Gasteiger partial charge in [-0.25, -0.2) is 0 Å². The van der Waals surface area contributed by atoms with E-state index in [2.05, 4.69) is 35.4 Å². The number of hydrogen-bond acceptors (Lipinski definition) is 2. The number of para-hydroxylation sites is 1. The third-order valence-corrected chi connectivity index (χ3v) is 3.55. The SMILES string of the molecule is Cc1ccc(Cl)cc1NCc1ccc2ccccc2n1. The molecule has 3 aromatic rings. The lowest BCUT2D eigenvalue weighted by molar-refractivity contribution is 1.06. The second-order valence-electron chi connectivity index (χ2n) is 4.81. The maximum atomic E-state index is 6.02. The standard InChI is InChI=1S/C17H15ClN2/c1-12-6-8-14(18)10-17(12)19-11-15-9-7-13-4-2-3-5-16(13)20-15/h2-10,19H,11H2,1H3. The van der Waals surface area contributed by atoms with Gasteiger partial charge in [0.1, 0.15) is 0 Å². The summed E-state index contributed by atoms with van der Waals surface area (Å²) in [5, 5.41) is 5.29. The minimum Gasteiger partial charge on any atom is -0.379 e. The van der Waals surface area contributed by atoms with Crippen LogP contribution < -0.4 is 5.32 Å². The Kier molecular flexibility index (Phi) is 3.57. The molecule has 1 heterocycles. The van der Waals surface area contributed by atoms with Gasteiger partial charge in [-0.2, -0.15) is 0 Å². The molecular formula is C17H15ClN2. The molecule has 2 nitrogen and oxygen atoms in total. The minimum atomic E-state index is 0.687. The number of hydrogen-bond donors (Lipinski definition) is 1. The number of pyridine rings is 1. The molecule has 0 aliphatic rings. The predicted molar refractivity (Wildman–Crippen MR) is 85.3 cm³/mol. The van der Waals surface area contributed by atoms with Crippen molar-refractivity contribution in [1.29, 1.82) is 0 Å². The monoisotopic (exact) mass is 282 g/mol. The predicted octanol–water partition coefficient (Wildman–Crippen LogP) is 4.81. The normalized spacial score (nSPS) is 10.7. The van der Waals surface area contributed by atoms with Gasteiger partial charge in [-0.05, 0) is 36.8 Å². The Morgan fingerprint density at radius 1 is 1.05 bits per heavy atom. The molecule has 0 spiro atoms. The summed E-state index contributed by atoms with van der Waals surface area (Å²) >= 11 is 6.02. The van der Waals surface area contributed by atoms with Crippen molar-refractivity contribution in [1.82, 2.24) is 4.98 Å². The number of aryl methyl sites for hydroxylation is 1. The minimum absolute atomic E-state index is 0.687. The van der Waals surface area contributed by atoms with E-state index in [0.717, 1.165) is 27.3 Å². The van der Waals surface area contributed by atoms with E-state index < -0.39 is 0 Å². The van der Waals surface area contributed by atoms with E-state index in [1.807, 2.05) is 36.4 Å². The van der Waals surface area contributed by atoms with Crippen LogP contribution in [-0.4, -0.2) is 4.98 Å². The van der Waals surface area contributed by atoms with Gasteiger partial charge < -0.3 is 5.32 Å². The molecule has 3 rings (SSSR count). The van der Waals surface area contributed by atoms with Crippen LogP contribution in [0.2, 0.25) is 5.02 Å². The van der Waals surface area contributed by atoms with Crippen molar-refractivity contribution in [2.45, 2.75) is 13.5 Å². The highest BCUT2D eigenvalue weighted by Crippen LogP contribution is 2.21. The van der Waals surface area contributed by atoms with E-state index in [1.165, 1.54) is 5.56 Å². The molecule has 1 aromatic heterocycles. The number of anilines is 1. The number of halogens is 1. The van der Waals surface area contributed by atoms with Crippen LogP contribution in [0.25, 0.3) is 10.9 Å². The van der Waals surface area contributed by atoms with Crippen LogP contribution in [0.4, 0.5) is 5.69 Å². The van der Waals surface area contributed by atoms with Crippen LogP contribution in [-0.2, 0) is 6.54 Å². The van der Waals surface area contributed by atoms with Gasteiger partial charge >= 0.3 is 0 Å². The molecule has 1 N–H and O–H groups in total. The first-order valence-electron chi connectivity index (χ1n) is 6.57. The lowest BCUT2D eigenvalue weighted by atomic mass is 10.2. The molecule has 0 saturated heterocycles. The molecule has 3 heteroatoms. The number of nitrogens with zero attached hydrogens (tertiary/aromatic N) is 1. The van der Waals surface area contributed by atoms with Crippen molar-refractivity contribution in [3.63, 3.8) is 0 Å². The van der Waals surface area contributed by atoms with Crippen LogP contribution >= 0.6 is 11.6 Å². The number of aromatic nitrogens is 1.